The molecular formula is C10H12F2N2O3S. The van der Waals surface area contributed by atoms with Crippen LogP contribution in [0.1, 0.15) is 12.8 Å². The molecule has 100 valence electrons. The highest BCUT2D eigenvalue weighted by Crippen LogP contribution is 2.36. The molecule has 1 aromatic rings. The molecule has 0 heterocycles. The predicted octanol–water partition coefficient (Wildman–Crippen LogP) is 0.350. The number of nitrogen functional groups attached to an aromatic ring is 1. The molecule has 1 fully saturated rings. The van der Waals surface area contributed by atoms with Crippen LogP contribution in [-0.2, 0) is 10.0 Å². The SMILES string of the molecule is Nc1cc(F)c(F)c(S(=O)(=O)NC2(CO)CC2)c1. The van der Waals surface area contributed by atoms with Gasteiger partial charge in [0.25, 0.3) is 0 Å². The molecule has 0 atom stereocenters. The minimum Gasteiger partial charge on any atom is -0.399 e. The monoisotopic (exact) mass is 278 g/mol. The number of nitrogens with one attached hydrogen (secondary N) is 1. The van der Waals surface area contributed by atoms with Gasteiger partial charge in [-0.15, -0.1) is 0 Å². The van der Waals surface area contributed by atoms with Crippen molar-refractivity contribution >= 4 is 15.7 Å². The van der Waals surface area contributed by atoms with E-state index in [2.05, 4.69) is 4.72 Å². The van der Waals surface area contributed by atoms with Crippen LogP contribution in [0.15, 0.2) is 17.0 Å². The van der Waals surface area contributed by atoms with E-state index in [0.29, 0.717) is 18.9 Å². The summed E-state index contributed by atoms with van der Waals surface area (Å²) in [7, 11) is -4.25. The molecule has 1 aromatic carbocycles. The van der Waals surface area contributed by atoms with Gasteiger partial charge in [-0.2, -0.15) is 0 Å². The third-order valence-electron chi connectivity index (χ3n) is 2.81. The van der Waals surface area contributed by atoms with Crippen molar-refractivity contribution in [3.63, 3.8) is 0 Å². The van der Waals surface area contributed by atoms with Crippen LogP contribution in [0.2, 0.25) is 0 Å². The van der Waals surface area contributed by atoms with Gasteiger partial charge < -0.3 is 10.8 Å². The molecule has 1 aliphatic carbocycles. The second-order valence-electron chi connectivity index (χ2n) is 4.36. The van der Waals surface area contributed by atoms with E-state index < -0.39 is 38.7 Å². The number of nitrogens with two attached hydrogens (primary N) is 1. The summed E-state index contributed by atoms with van der Waals surface area (Å²) in [6.07, 6.45) is 0.907. The van der Waals surface area contributed by atoms with Crippen molar-refractivity contribution in [2.75, 3.05) is 12.3 Å². The second kappa shape index (κ2) is 4.15. The smallest absolute Gasteiger partial charge is 0.244 e. The molecule has 0 aromatic heterocycles. The zero-order chi connectivity index (χ0) is 13.6. The van der Waals surface area contributed by atoms with Gasteiger partial charge in [-0.05, 0) is 25.0 Å². The Labute approximate surface area is 103 Å². The van der Waals surface area contributed by atoms with Crippen molar-refractivity contribution < 1.29 is 22.3 Å². The summed E-state index contributed by atoms with van der Waals surface area (Å²) < 4.78 is 52.5. The minimum absolute atomic E-state index is 0.192. The molecule has 0 spiro atoms. The highest BCUT2D eigenvalue weighted by Gasteiger charge is 2.46. The Bertz CT molecular complexity index is 585. The molecule has 0 radical (unpaired) electrons. The Balaban J connectivity index is 2.42. The molecule has 0 saturated heterocycles. The Kier molecular flexibility index (Phi) is 3.04. The second-order valence-corrected chi connectivity index (χ2v) is 6.01. The van der Waals surface area contributed by atoms with E-state index in [9.17, 15) is 17.2 Å². The van der Waals surface area contributed by atoms with Gasteiger partial charge in [0.05, 0.1) is 12.1 Å². The number of benzene rings is 1. The molecule has 0 amide bonds. The van der Waals surface area contributed by atoms with Crippen LogP contribution in [0.3, 0.4) is 0 Å². The number of halogens is 2. The lowest BCUT2D eigenvalue weighted by Crippen LogP contribution is -2.39. The fourth-order valence-electron chi connectivity index (χ4n) is 1.56. The first-order valence-corrected chi connectivity index (χ1v) is 6.67. The van der Waals surface area contributed by atoms with Crippen molar-refractivity contribution in [3.05, 3.63) is 23.8 Å². The van der Waals surface area contributed by atoms with Gasteiger partial charge in [0.1, 0.15) is 4.90 Å². The van der Waals surface area contributed by atoms with E-state index in [0.717, 1.165) is 6.07 Å². The van der Waals surface area contributed by atoms with Crippen molar-refractivity contribution in [1.29, 1.82) is 0 Å². The Hall–Kier alpha value is -1.25. The molecule has 8 heteroatoms. The predicted molar refractivity (Wildman–Crippen MR) is 60.1 cm³/mol. The van der Waals surface area contributed by atoms with Gasteiger partial charge in [-0.1, -0.05) is 0 Å². The molecule has 2 rings (SSSR count). The van der Waals surface area contributed by atoms with Crippen molar-refractivity contribution in [2.24, 2.45) is 0 Å². The van der Waals surface area contributed by atoms with Crippen LogP contribution in [0, 0.1) is 11.6 Å². The van der Waals surface area contributed by atoms with E-state index in [-0.39, 0.29) is 5.69 Å². The summed E-state index contributed by atoms with van der Waals surface area (Å²) in [5.41, 5.74) is 4.15. The van der Waals surface area contributed by atoms with Crippen molar-refractivity contribution in [1.82, 2.24) is 4.72 Å². The molecule has 0 bridgehead atoms. The summed E-state index contributed by atoms with van der Waals surface area (Å²) in [5.74, 6) is -2.81. The number of anilines is 1. The lowest BCUT2D eigenvalue weighted by atomic mass is 10.3. The molecule has 0 aliphatic heterocycles. The third-order valence-corrected chi connectivity index (χ3v) is 4.39. The van der Waals surface area contributed by atoms with Crippen LogP contribution >= 0.6 is 0 Å². The number of aliphatic hydroxyl groups is 1. The van der Waals surface area contributed by atoms with Gasteiger partial charge in [0, 0.05) is 5.69 Å². The average Bonchev–Trinajstić information content (AvgIpc) is 3.03. The fourth-order valence-corrected chi connectivity index (χ4v) is 3.14. The lowest BCUT2D eigenvalue weighted by molar-refractivity contribution is 0.246. The number of sulfonamides is 1. The molecule has 4 N–H and O–H groups in total. The normalized spacial score (nSPS) is 17.7. The van der Waals surface area contributed by atoms with E-state index in [1.807, 2.05) is 0 Å². The number of hydrogen-bond acceptors (Lipinski definition) is 4. The van der Waals surface area contributed by atoms with Crippen LogP contribution in [0.4, 0.5) is 14.5 Å². The van der Waals surface area contributed by atoms with Crippen LogP contribution < -0.4 is 10.5 Å². The average molecular weight is 278 g/mol. The van der Waals surface area contributed by atoms with E-state index in [1.54, 1.807) is 0 Å². The first kappa shape index (κ1) is 13.2. The maximum atomic E-state index is 13.5. The van der Waals surface area contributed by atoms with Gasteiger partial charge in [-0.25, -0.2) is 21.9 Å². The standard InChI is InChI=1S/C10H12F2N2O3S/c11-7-3-6(13)4-8(9(7)12)18(16,17)14-10(5-15)1-2-10/h3-4,14-15H,1-2,5,13H2. The topological polar surface area (TPSA) is 92.4 Å². The van der Waals surface area contributed by atoms with E-state index >= 15 is 0 Å². The summed E-state index contributed by atoms with van der Waals surface area (Å²) in [4.78, 5) is -0.847. The molecule has 1 aliphatic rings. The lowest BCUT2D eigenvalue weighted by Gasteiger charge is -2.15. The molecule has 5 nitrogen and oxygen atoms in total. The van der Waals surface area contributed by atoms with Crippen molar-refractivity contribution in [2.45, 2.75) is 23.3 Å². The van der Waals surface area contributed by atoms with Gasteiger partial charge in [-0.3, -0.25) is 0 Å². The third kappa shape index (κ3) is 2.31. The Morgan fingerprint density at radius 2 is 2.00 bits per heavy atom. The highest BCUT2D eigenvalue weighted by atomic mass is 32.2. The number of hydrogen-bond donors (Lipinski definition) is 3. The Morgan fingerprint density at radius 3 is 2.50 bits per heavy atom. The fraction of sp³-hybridized carbons (Fsp3) is 0.400. The molecule has 18 heavy (non-hydrogen) atoms. The summed E-state index contributed by atoms with van der Waals surface area (Å²) >= 11 is 0. The molecular weight excluding hydrogens is 266 g/mol. The quantitative estimate of drug-likeness (QED) is 0.693. The van der Waals surface area contributed by atoms with E-state index in [1.165, 1.54) is 0 Å². The maximum absolute atomic E-state index is 13.5. The Morgan fingerprint density at radius 1 is 1.39 bits per heavy atom. The van der Waals surface area contributed by atoms with E-state index in [4.69, 9.17) is 10.8 Å². The minimum atomic E-state index is -4.25. The van der Waals surface area contributed by atoms with Gasteiger partial charge in [0.15, 0.2) is 11.6 Å². The zero-order valence-corrected chi connectivity index (χ0v) is 10.1. The van der Waals surface area contributed by atoms with Crippen LogP contribution in [0.25, 0.3) is 0 Å². The first-order valence-electron chi connectivity index (χ1n) is 5.19. The first-order chi connectivity index (χ1) is 8.30. The zero-order valence-electron chi connectivity index (χ0n) is 9.28. The van der Waals surface area contributed by atoms with Crippen LogP contribution in [-0.4, -0.2) is 25.7 Å². The van der Waals surface area contributed by atoms with Gasteiger partial charge >= 0.3 is 0 Å². The summed E-state index contributed by atoms with van der Waals surface area (Å²) in [6.45, 7) is -0.390. The number of aliphatic hydroxyl groups excluding tert-OH is 1. The van der Waals surface area contributed by atoms with Gasteiger partial charge in [0.2, 0.25) is 10.0 Å². The molecule has 1 saturated carbocycles. The van der Waals surface area contributed by atoms with Crippen LogP contribution in [0.5, 0.6) is 0 Å². The highest BCUT2D eigenvalue weighted by molar-refractivity contribution is 7.89. The number of rotatable bonds is 4. The largest absolute Gasteiger partial charge is 0.399 e. The summed E-state index contributed by atoms with van der Waals surface area (Å²) in [5, 5.41) is 9.03. The van der Waals surface area contributed by atoms with Crippen molar-refractivity contribution in [3.8, 4) is 0 Å². The molecule has 0 unspecified atom stereocenters. The summed E-state index contributed by atoms with van der Waals surface area (Å²) in [6, 6.07) is 1.54. The maximum Gasteiger partial charge on any atom is 0.244 e.